The molecule has 0 fully saturated rings. The standard InChI is InChI=1S/C6H6F3NO3/c1-12-4(11)3-2-10-5(13-3)6(7,8)9/h3H,2H2,1H3/t3-/m0/s1. The van der Waals surface area contributed by atoms with Gasteiger partial charge in [-0.3, -0.25) is 0 Å². The Hall–Kier alpha value is -1.27. The number of ether oxygens (including phenoxy) is 2. The molecule has 0 saturated carbocycles. The summed E-state index contributed by atoms with van der Waals surface area (Å²) in [5, 5.41) is 0. The molecule has 0 radical (unpaired) electrons. The molecule has 1 atom stereocenters. The average Bonchev–Trinajstić information content (AvgIpc) is 2.50. The molecular weight excluding hydrogens is 191 g/mol. The van der Waals surface area contributed by atoms with E-state index in [9.17, 15) is 18.0 Å². The molecule has 0 aromatic carbocycles. The summed E-state index contributed by atoms with van der Waals surface area (Å²) in [6, 6.07) is 0. The fourth-order valence-corrected chi connectivity index (χ4v) is 0.786. The molecule has 1 heterocycles. The minimum atomic E-state index is -4.64. The first-order valence-electron chi connectivity index (χ1n) is 3.31. The van der Waals surface area contributed by atoms with Gasteiger partial charge in [0.15, 0.2) is 0 Å². The van der Waals surface area contributed by atoms with Crippen LogP contribution in [0.2, 0.25) is 0 Å². The van der Waals surface area contributed by atoms with Gasteiger partial charge in [-0.05, 0) is 0 Å². The lowest BCUT2D eigenvalue weighted by Gasteiger charge is -2.09. The highest BCUT2D eigenvalue weighted by Crippen LogP contribution is 2.22. The number of carbonyl (C=O) groups excluding carboxylic acids is 1. The molecule has 0 bridgehead atoms. The van der Waals surface area contributed by atoms with E-state index in [1.807, 2.05) is 0 Å². The van der Waals surface area contributed by atoms with Crippen LogP contribution in [-0.2, 0) is 14.3 Å². The van der Waals surface area contributed by atoms with Gasteiger partial charge in [0.25, 0.3) is 5.90 Å². The van der Waals surface area contributed by atoms with E-state index in [2.05, 4.69) is 14.5 Å². The summed E-state index contributed by atoms with van der Waals surface area (Å²) in [6.45, 7) is -0.346. The molecule has 0 aliphatic carbocycles. The van der Waals surface area contributed by atoms with Crippen LogP contribution in [0.3, 0.4) is 0 Å². The van der Waals surface area contributed by atoms with Gasteiger partial charge in [-0.1, -0.05) is 0 Å². The number of methoxy groups -OCH3 is 1. The first kappa shape index (κ1) is 9.82. The number of alkyl halides is 3. The van der Waals surface area contributed by atoms with Crippen LogP contribution in [-0.4, -0.2) is 37.8 Å². The topological polar surface area (TPSA) is 47.9 Å². The second-order valence-corrected chi connectivity index (χ2v) is 2.27. The van der Waals surface area contributed by atoms with Crippen molar-refractivity contribution in [1.29, 1.82) is 0 Å². The Bertz CT molecular complexity index is 248. The highest BCUT2D eigenvalue weighted by atomic mass is 19.4. The summed E-state index contributed by atoms with van der Waals surface area (Å²) in [7, 11) is 1.07. The fraction of sp³-hybridized carbons (Fsp3) is 0.667. The van der Waals surface area contributed by atoms with Gasteiger partial charge < -0.3 is 9.47 Å². The molecule has 1 aliphatic rings. The van der Waals surface area contributed by atoms with Crippen molar-refractivity contribution in [3.05, 3.63) is 0 Å². The summed E-state index contributed by atoms with van der Waals surface area (Å²) < 4.78 is 44.1. The maximum atomic E-state index is 11.9. The lowest BCUT2D eigenvalue weighted by molar-refractivity contribution is -0.149. The molecule has 1 rings (SSSR count). The maximum absolute atomic E-state index is 11.9. The molecule has 4 nitrogen and oxygen atoms in total. The first-order chi connectivity index (χ1) is 5.95. The number of carbonyl (C=O) groups is 1. The van der Waals surface area contributed by atoms with E-state index in [1.54, 1.807) is 0 Å². The van der Waals surface area contributed by atoms with E-state index in [0.717, 1.165) is 7.11 Å². The molecule has 13 heavy (non-hydrogen) atoms. The van der Waals surface area contributed by atoms with E-state index < -0.39 is 24.1 Å². The molecule has 74 valence electrons. The number of hydrogen-bond donors (Lipinski definition) is 0. The second kappa shape index (κ2) is 3.23. The molecule has 0 unspecified atom stereocenters. The largest absolute Gasteiger partial charge is 0.468 e. The molecule has 0 aromatic heterocycles. The number of aliphatic imine (C=N–C) groups is 1. The van der Waals surface area contributed by atoms with Crippen molar-refractivity contribution in [2.24, 2.45) is 4.99 Å². The number of esters is 1. The minimum Gasteiger partial charge on any atom is -0.466 e. The van der Waals surface area contributed by atoms with E-state index >= 15 is 0 Å². The van der Waals surface area contributed by atoms with Gasteiger partial charge in [0.1, 0.15) is 0 Å². The lowest BCUT2D eigenvalue weighted by atomic mass is 10.4. The quantitative estimate of drug-likeness (QED) is 0.575. The average molecular weight is 197 g/mol. The molecule has 0 N–H and O–H groups in total. The zero-order chi connectivity index (χ0) is 10.1. The van der Waals surface area contributed by atoms with Crippen LogP contribution in [0.25, 0.3) is 0 Å². The molecule has 0 spiro atoms. The first-order valence-corrected chi connectivity index (χ1v) is 3.31. The Morgan fingerprint density at radius 3 is 2.69 bits per heavy atom. The van der Waals surface area contributed by atoms with Crippen LogP contribution in [0.15, 0.2) is 4.99 Å². The minimum absolute atomic E-state index is 0.346. The van der Waals surface area contributed by atoms with Crippen molar-refractivity contribution in [3.63, 3.8) is 0 Å². The van der Waals surface area contributed by atoms with Gasteiger partial charge in [-0.15, -0.1) is 0 Å². The Morgan fingerprint density at radius 1 is 1.69 bits per heavy atom. The summed E-state index contributed by atoms with van der Waals surface area (Å²) in [4.78, 5) is 13.7. The van der Waals surface area contributed by atoms with Crippen molar-refractivity contribution in [1.82, 2.24) is 0 Å². The van der Waals surface area contributed by atoms with Crippen LogP contribution < -0.4 is 0 Å². The third kappa shape index (κ3) is 2.10. The molecule has 0 aromatic rings. The van der Waals surface area contributed by atoms with E-state index in [0.29, 0.717) is 0 Å². The van der Waals surface area contributed by atoms with Gasteiger partial charge >= 0.3 is 12.1 Å². The molecule has 0 saturated heterocycles. The number of halogens is 3. The summed E-state index contributed by atoms with van der Waals surface area (Å²) >= 11 is 0. The Kier molecular flexibility index (Phi) is 2.44. The highest BCUT2D eigenvalue weighted by Gasteiger charge is 2.44. The van der Waals surface area contributed by atoms with E-state index in [4.69, 9.17) is 0 Å². The van der Waals surface area contributed by atoms with Gasteiger partial charge in [0.2, 0.25) is 6.10 Å². The van der Waals surface area contributed by atoms with Gasteiger partial charge in [-0.2, -0.15) is 13.2 Å². The van der Waals surface area contributed by atoms with Crippen LogP contribution in [0.5, 0.6) is 0 Å². The van der Waals surface area contributed by atoms with E-state index in [-0.39, 0.29) is 6.54 Å². The molecule has 0 amide bonds. The van der Waals surface area contributed by atoms with Crippen LogP contribution >= 0.6 is 0 Å². The SMILES string of the molecule is COC(=O)[C@@H]1CN=C(C(F)(F)F)O1. The van der Waals surface area contributed by atoms with Crippen LogP contribution in [0, 0.1) is 0 Å². The Morgan fingerprint density at radius 2 is 2.31 bits per heavy atom. The zero-order valence-electron chi connectivity index (χ0n) is 6.59. The highest BCUT2D eigenvalue weighted by molar-refractivity contribution is 5.88. The Labute approximate surface area is 71.3 Å². The van der Waals surface area contributed by atoms with Gasteiger partial charge in [0, 0.05) is 0 Å². The maximum Gasteiger partial charge on any atom is 0.468 e. The van der Waals surface area contributed by atoms with Crippen LogP contribution in [0.4, 0.5) is 13.2 Å². The summed E-state index contributed by atoms with van der Waals surface area (Å²) in [6.07, 6.45) is -5.90. The summed E-state index contributed by atoms with van der Waals surface area (Å²) in [5.41, 5.74) is 0. The molecule has 7 heteroatoms. The van der Waals surface area contributed by atoms with Crippen molar-refractivity contribution in [2.75, 3.05) is 13.7 Å². The smallest absolute Gasteiger partial charge is 0.466 e. The fourth-order valence-electron chi connectivity index (χ4n) is 0.786. The zero-order valence-corrected chi connectivity index (χ0v) is 6.59. The third-order valence-electron chi connectivity index (χ3n) is 1.36. The Balaban J connectivity index is 2.57. The number of hydrogen-bond acceptors (Lipinski definition) is 4. The summed E-state index contributed by atoms with van der Waals surface area (Å²) in [5.74, 6) is -2.23. The predicted molar refractivity (Wildman–Crippen MR) is 35.2 cm³/mol. The van der Waals surface area contributed by atoms with Crippen LogP contribution in [0.1, 0.15) is 0 Å². The van der Waals surface area contributed by atoms with E-state index in [1.165, 1.54) is 0 Å². The second-order valence-electron chi connectivity index (χ2n) is 2.27. The van der Waals surface area contributed by atoms with Crippen molar-refractivity contribution < 1.29 is 27.4 Å². The van der Waals surface area contributed by atoms with Crippen molar-refractivity contribution in [3.8, 4) is 0 Å². The van der Waals surface area contributed by atoms with Crippen molar-refractivity contribution >= 4 is 11.9 Å². The third-order valence-corrected chi connectivity index (χ3v) is 1.36. The number of nitrogens with zero attached hydrogens (tertiary/aromatic N) is 1. The monoisotopic (exact) mass is 197 g/mol. The molecular formula is C6H6F3NO3. The predicted octanol–water partition coefficient (Wildman–Crippen LogP) is 0.519. The van der Waals surface area contributed by atoms with Gasteiger partial charge in [-0.25, -0.2) is 9.79 Å². The number of rotatable bonds is 1. The van der Waals surface area contributed by atoms with Crippen molar-refractivity contribution in [2.45, 2.75) is 12.3 Å². The van der Waals surface area contributed by atoms with Gasteiger partial charge in [0.05, 0.1) is 13.7 Å². The normalized spacial score (nSPS) is 22.2. The lowest BCUT2D eigenvalue weighted by Crippen LogP contribution is -2.30. The molecule has 1 aliphatic heterocycles.